The number of anilines is 2. The molecule has 1 aromatic heterocycles. The van der Waals surface area contributed by atoms with E-state index in [0.29, 0.717) is 19.5 Å². The zero-order chi connectivity index (χ0) is 23.7. The van der Waals surface area contributed by atoms with Crippen molar-refractivity contribution in [1.29, 1.82) is 5.26 Å². The van der Waals surface area contributed by atoms with Gasteiger partial charge in [-0.2, -0.15) is 5.26 Å². The fourth-order valence-electron chi connectivity index (χ4n) is 5.08. The lowest BCUT2D eigenvalue weighted by molar-refractivity contribution is -0.119. The van der Waals surface area contributed by atoms with Crippen LogP contribution in [-0.2, 0) is 11.8 Å². The minimum atomic E-state index is -0.262. The van der Waals surface area contributed by atoms with Crippen molar-refractivity contribution in [2.45, 2.75) is 38.2 Å². The van der Waals surface area contributed by atoms with Crippen LogP contribution in [0, 0.1) is 11.3 Å². The average Bonchev–Trinajstić information content (AvgIpc) is 2.87. The Morgan fingerprint density at radius 2 is 1.71 bits per heavy atom. The third-order valence-electron chi connectivity index (χ3n) is 6.92. The van der Waals surface area contributed by atoms with E-state index in [1.165, 1.54) is 0 Å². The van der Waals surface area contributed by atoms with E-state index in [9.17, 15) is 14.9 Å². The number of nitrogens with zero attached hydrogens (tertiary/aromatic N) is 4. The number of pyridine rings is 1. The van der Waals surface area contributed by atoms with Gasteiger partial charge >= 0.3 is 0 Å². The molecule has 3 heterocycles. The maximum Gasteiger partial charge on any atom is 0.270 e. The monoisotopic (exact) mass is 456 g/mol. The number of rotatable bonds is 4. The second-order valence-corrected chi connectivity index (χ2v) is 9.02. The van der Waals surface area contributed by atoms with Crippen LogP contribution >= 0.6 is 0 Å². The van der Waals surface area contributed by atoms with E-state index in [1.807, 2.05) is 53.4 Å². The topological polar surface area (TPSA) is 78.6 Å². The van der Waals surface area contributed by atoms with Gasteiger partial charge in [0.2, 0.25) is 5.91 Å². The number of carbonyl (C=O) groups is 1. The molecule has 2 saturated heterocycles. The number of aryl methyl sites for hydroxylation is 1. The minimum Gasteiger partial charge on any atom is -0.490 e. The fraction of sp³-hybridized carbons (Fsp3) is 0.370. The van der Waals surface area contributed by atoms with Gasteiger partial charge in [-0.3, -0.25) is 9.59 Å². The van der Waals surface area contributed by atoms with Gasteiger partial charge in [0.1, 0.15) is 23.5 Å². The second-order valence-electron chi connectivity index (χ2n) is 9.02. The molecule has 0 aliphatic carbocycles. The number of fused-ring (bicyclic) bond motifs is 1. The highest BCUT2D eigenvalue weighted by Gasteiger charge is 2.26. The van der Waals surface area contributed by atoms with Crippen LogP contribution in [-0.4, -0.2) is 36.2 Å². The van der Waals surface area contributed by atoms with Gasteiger partial charge in [0.15, 0.2) is 0 Å². The summed E-state index contributed by atoms with van der Waals surface area (Å²) in [6.45, 7) is 2.19. The largest absolute Gasteiger partial charge is 0.490 e. The van der Waals surface area contributed by atoms with Crippen LogP contribution in [0.15, 0.2) is 53.3 Å². The van der Waals surface area contributed by atoms with E-state index in [-0.39, 0.29) is 23.1 Å². The molecule has 3 aromatic rings. The lowest BCUT2D eigenvalue weighted by atomic mass is 10.0. The number of hydrogen-bond donors (Lipinski definition) is 0. The van der Waals surface area contributed by atoms with Crippen molar-refractivity contribution in [2.75, 3.05) is 29.4 Å². The molecule has 0 N–H and O–H groups in total. The zero-order valence-corrected chi connectivity index (χ0v) is 19.4. The molecule has 5 rings (SSSR count). The molecule has 2 fully saturated rings. The molecule has 7 nitrogen and oxygen atoms in total. The van der Waals surface area contributed by atoms with Gasteiger partial charge in [-0.05, 0) is 43.2 Å². The maximum absolute atomic E-state index is 12.8. The van der Waals surface area contributed by atoms with Gasteiger partial charge in [0.25, 0.3) is 5.56 Å². The summed E-state index contributed by atoms with van der Waals surface area (Å²) >= 11 is 0. The summed E-state index contributed by atoms with van der Waals surface area (Å²) < 4.78 is 7.78. The van der Waals surface area contributed by atoms with Crippen LogP contribution < -0.4 is 20.1 Å². The number of amides is 1. The Hall–Kier alpha value is -3.79. The van der Waals surface area contributed by atoms with Crippen molar-refractivity contribution in [2.24, 2.45) is 7.05 Å². The van der Waals surface area contributed by atoms with Crippen LogP contribution in [0.4, 0.5) is 11.4 Å². The minimum absolute atomic E-state index is 0.0575. The van der Waals surface area contributed by atoms with Gasteiger partial charge < -0.3 is 19.1 Å². The SMILES string of the molecule is Cn1c(=O)c(C#N)c(N2CCC(Oc3ccc(N4CCCCC4=O)cc3)CC2)c2ccccc21. The van der Waals surface area contributed by atoms with Crippen LogP contribution in [0.25, 0.3) is 10.9 Å². The standard InChI is InChI=1S/C27H28N4O3/c1-29-24-7-3-2-6-22(24)26(23(18-28)27(29)33)30-16-13-21(14-17-30)34-20-11-9-19(10-12-20)31-15-5-4-8-25(31)32/h2-3,6-7,9-12,21H,4-5,8,13-17H2,1H3. The summed E-state index contributed by atoms with van der Waals surface area (Å²) in [6.07, 6.45) is 4.27. The maximum atomic E-state index is 12.8. The number of piperidine rings is 2. The van der Waals surface area contributed by atoms with Crippen molar-refractivity contribution < 1.29 is 9.53 Å². The van der Waals surface area contributed by atoms with Crippen LogP contribution in [0.5, 0.6) is 5.75 Å². The Morgan fingerprint density at radius 3 is 2.41 bits per heavy atom. The quantitative estimate of drug-likeness (QED) is 0.594. The Balaban J connectivity index is 1.29. The van der Waals surface area contributed by atoms with E-state index in [2.05, 4.69) is 11.0 Å². The Kier molecular flexibility index (Phi) is 5.97. The predicted octanol–water partition coefficient (Wildman–Crippen LogP) is 3.97. The Morgan fingerprint density at radius 1 is 0.971 bits per heavy atom. The number of aromatic nitrogens is 1. The summed E-state index contributed by atoms with van der Waals surface area (Å²) in [6, 6.07) is 17.7. The highest BCUT2D eigenvalue weighted by molar-refractivity contribution is 5.95. The number of ether oxygens (including phenoxy) is 1. The highest BCUT2D eigenvalue weighted by Crippen LogP contribution is 2.32. The first-order chi connectivity index (χ1) is 16.6. The van der Waals surface area contributed by atoms with Gasteiger partial charge in [-0.25, -0.2) is 0 Å². The highest BCUT2D eigenvalue weighted by atomic mass is 16.5. The summed E-state index contributed by atoms with van der Waals surface area (Å²) in [5.41, 5.74) is 2.42. The van der Waals surface area contributed by atoms with Gasteiger partial charge in [0.05, 0.1) is 11.2 Å². The molecule has 2 aromatic carbocycles. The second kappa shape index (κ2) is 9.22. The van der Waals surface area contributed by atoms with E-state index >= 15 is 0 Å². The number of para-hydroxylation sites is 1. The molecule has 0 bridgehead atoms. The molecule has 0 spiro atoms. The van der Waals surface area contributed by atoms with Crippen molar-refractivity contribution in [3.8, 4) is 11.8 Å². The molecule has 0 unspecified atom stereocenters. The third kappa shape index (κ3) is 4.01. The molecule has 0 atom stereocenters. The molecule has 0 radical (unpaired) electrons. The summed E-state index contributed by atoms with van der Waals surface area (Å²) in [5.74, 6) is 0.982. The smallest absolute Gasteiger partial charge is 0.270 e. The normalized spacial score (nSPS) is 17.1. The van der Waals surface area contributed by atoms with E-state index in [1.54, 1.807) is 11.6 Å². The van der Waals surface area contributed by atoms with Gasteiger partial charge in [0, 0.05) is 57.0 Å². The summed E-state index contributed by atoms with van der Waals surface area (Å²) in [7, 11) is 1.71. The fourth-order valence-corrected chi connectivity index (χ4v) is 5.08. The van der Waals surface area contributed by atoms with Crippen molar-refractivity contribution in [3.63, 3.8) is 0 Å². The number of carbonyl (C=O) groups excluding carboxylic acids is 1. The van der Waals surface area contributed by atoms with Crippen LogP contribution in [0.3, 0.4) is 0 Å². The van der Waals surface area contributed by atoms with Gasteiger partial charge in [-0.15, -0.1) is 0 Å². The lowest BCUT2D eigenvalue weighted by Crippen LogP contribution is -2.40. The van der Waals surface area contributed by atoms with Crippen LogP contribution in [0.1, 0.15) is 37.7 Å². The zero-order valence-electron chi connectivity index (χ0n) is 19.4. The summed E-state index contributed by atoms with van der Waals surface area (Å²) in [5, 5.41) is 10.7. The molecular formula is C27H28N4O3. The summed E-state index contributed by atoms with van der Waals surface area (Å²) in [4.78, 5) is 29.0. The molecular weight excluding hydrogens is 428 g/mol. The Labute approximate surface area is 198 Å². The van der Waals surface area contributed by atoms with Crippen molar-refractivity contribution in [1.82, 2.24) is 4.57 Å². The molecule has 0 saturated carbocycles. The van der Waals surface area contributed by atoms with Crippen LogP contribution in [0.2, 0.25) is 0 Å². The van der Waals surface area contributed by atoms with E-state index < -0.39 is 0 Å². The lowest BCUT2D eigenvalue weighted by Gasteiger charge is -2.35. The van der Waals surface area contributed by atoms with E-state index in [4.69, 9.17) is 4.74 Å². The van der Waals surface area contributed by atoms with Crippen molar-refractivity contribution in [3.05, 3.63) is 64.4 Å². The first-order valence-corrected chi connectivity index (χ1v) is 11.9. The number of nitriles is 1. The number of hydrogen-bond acceptors (Lipinski definition) is 5. The Bertz CT molecular complexity index is 1310. The molecule has 2 aliphatic rings. The number of benzene rings is 2. The predicted molar refractivity (Wildman–Crippen MR) is 132 cm³/mol. The first-order valence-electron chi connectivity index (χ1n) is 11.9. The first kappa shape index (κ1) is 22.0. The molecule has 1 amide bonds. The average molecular weight is 457 g/mol. The molecule has 7 heteroatoms. The third-order valence-corrected chi connectivity index (χ3v) is 6.92. The molecule has 174 valence electrons. The van der Waals surface area contributed by atoms with E-state index in [0.717, 1.165) is 60.3 Å². The van der Waals surface area contributed by atoms with Crippen molar-refractivity contribution >= 4 is 28.2 Å². The molecule has 34 heavy (non-hydrogen) atoms. The van der Waals surface area contributed by atoms with Gasteiger partial charge in [-0.1, -0.05) is 18.2 Å². The molecule has 2 aliphatic heterocycles.